The summed E-state index contributed by atoms with van der Waals surface area (Å²) >= 11 is 0. The van der Waals surface area contributed by atoms with Gasteiger partial charge in [0.15, 0.2) is 0 Å². The van der Waals surface area contributed by atoms with E-state index < -0.39 is 0 Å². The first-order valence-corrected chi connectivity index (χ1v) is 4.37. The Hall–Kier alpha value is -1.24. The van der Waals surface area contributed by atoms with Gasteiger partial charge in [-0.1, -0.05) is 18.2 Å². The molecule has 0 unspecified atom stereocenters. The molecule has 0 aliphatic carbocycles. The molecule has 0 fully saturated rings. The van der Waals surface area contributed by atoms with Crippen molar-refractivity contribution in [2.75, 3.05) is 0 Å². The first-order chi connectivity index (χ1) is 5.83. The van der Waals surface area contributed by atoms with E-state index in [0.717, 1.165) is 6.54 Å². The summed E-state index contributed by atoms with van der Waals surface area (Å²) < 4.78 is 2.28. The maximum atomic E-state index is 2.28. The fourth-order valence-corrected chi connectivity index (χ4v) is 1.72. The third-order valence-corrected chi connectivity index (χ3v) is 2.33. The molecule has 1 heterocycles. The number of para-hydroxylation sites is 1. The average Bonchev–Trinajstić information content (AvgIpc) is 2.49. The van der Waals surface area contributed by atoms with Crippen LogP contribution in [0.1, 0.15) is 12.5 Å². The molecule has 1 aromatic carbocycles. The van der Waals surface area contributed by atoms with Gasteiger partial charge in [0.2, 0.25) is 0 Å². The van der Waals surface area contributed by atoms with Gasteiger partial charge >= 0.3 is 0 Å². The number of nitrogens with zero attached hydrogens (tertiary/aromatic N) is 1. The number of hydrogen-bond donors (Lipinski definition) is 0. The van der Waals surface area contributed by atoms with E-state index in [-0.39, 0.29) is 0 Å². The molecule has 0 bridgehead atoms. The van der Waals surface area contributed by atoms with E-state index >= 15 is 0 Å². The molecule has 2 aromatic rings. The summed E-state index contributed by atoms with van der Waals surface area (Å²) in [5.74, 6) is 0. The minimum atomic E-state index is 1.05. The highest BCUT2D eigenvalue weighted by Crippen LogP contribution is 2.18. The Morgan fingerprint density at radius 1 is 1.25 bits per heavy atom. The van der Waals surface area contributed by atoms with Crippen molar-refractivity contribution in [3.8, 4) is 0 Å². The van der Waals surface area contributed by atoms with Gasteiger partial charge in [0.05, 0.1) is 5.52 Å². The number of rotatable bonds is 1. The summed E-state index contributed by atoms with van der Waals surface area (Å²) in [6, 6.07) is 8.60. The van der Waals surface area contributed by atoms with E-state index in [4.69, 9.17) is 0 Å². The number of fused-ring (bicyclic) bond motifs is 1. The summed E-state index contributed by atoms with van der Waals surface area (Å²) in [7, 11) is 0. The summed E-state index contributed by atoms with van der Waals surface area (Å²) in [5, 5.41) is 1.34. The topological polar surface area (TPSA) is 4.93 Å². The van der Waals surface area contributed by atoms with E-state index in [1.54, 1.807) is 0 Å². The maximum Gasteiger partial charge on any atom is 0.0509 e. The van der Waals surface area contributed by atoms with Crippen LogP contribution in [0.3, 0.4) is 0 Å². The molecule has 12 heavy (non-hydrogen) atoms. The van der Waals surface area contributed by atoms with Crippen LogP contribution in [0.5, 0.6) is 0 Å². The lowest BCUT2D eigenvalue weighted by Crippen LogP contribution is -1.92. The van der Waals surface area contributed by atoms with Gasteiger partial charge in [0.25, 0.3) is 0 Å². The zero-order valence-electron chi connectivity index (χ0n) is 7.54. The van der Waals surface area contributed by atoms with E-state index in [9.17, 15) is 0 Å². The summed E-state index contributed by atoms with van der Waals surface area (Å²) in [5.41, 5.74) is 2.74. The van der Waals surface area contributed by atoms with Crippen LogP contribution >= 0.6 is 0 Å². The second kappa shape index (κ2) is 2.67. The predicted molar refractivity (Wildman–Crippen MR) is 52.3 cm³/mol. The Bertz CT molecular complexity index is 398. The number of aromatic nitrogens is 1. The highest BCUT2D eigenvalue weighted by Gasteiger charge is 2.00. The van der Waals surface area contributed by atoms with Gasteiger partial charge in [-0.2, -0.15) is 0 Å². The Balaban J connectivity index is 2.83. The van der Waals surface area contributed by atoms with Crippen molar-refractivity contribution in [3.63, 3.8) is 0 Å². The van der Waals surface area contributed by atoms with Gasteiger partial charge in [-0.15, -0.1) is 0 Å². The third kappa shape index (κ3) is 0.934. The Labute approximate surface area is 72.6 Å². The minimum Gasteiger partial charge on any atom is -0.348 e. The average molecular weight is 159 g/mol. The standard InChI is InChI=1S/C11H13N/c1-3-12-8-7-10-6-4-5-9(2)11(10)12/h4-8H,3H2,1-2H3. The van der Waals surface area contributed by atoms with Crippen LogP contribution in [-0.2, 0) is 6.54 Å². The summed E-state index contributed by atoms with van der Waals surface area (Å²) in [6.45, 7) is 5.38. The molecular formula is C11H13N. The molecule has 1 heteroatoms. The maximum absolute atomic E-state index is 2.28. The van der Waals surface area contributed by atoms with Gasteiger partial charge < -0.3 is 4.57 Å². The molecule has 2 rings (SSSR count). The van der Waals surface area contributed by atoms with Crippen molar-refractivity contribution >= 4 is 10.9 Å². The lowest BCUT2D eigenvalue weighted by molar-refractivity contribution is 0.795. The smallest absolute Gasteiger partial charge is 0.0509 e. The fraction of sp³-hybridized carbons (Fsp3) is 0.273. The van der Waals surface area contributed by atoms with Crippen LogP contribution in [0.25, 0.3) is 10.9 Å². The van der Waals surface area contributed by atoms with Crippen molar-refractivity contribution < 1.29 is 0 Å². The Kier molecular flexibility index (Phi) is 1.65. The molecule has 0 N–H and O–H groups in total. The molecule has 0 saturated heterocycles. The second-order valence-corrected chi connectivity index (χ2v) is 3.11. The summed E-state index contributed by atoms with van der Waals surface area (Å²) in [6.07, 6.45) is 2.15. The summed E-state index contributed by atoms with van der Waals surface area (Å²) in [4.78, 5) is 0. The minimum absolute atomic E-state index is 1.05. The van der Waals surface area contributed by atoms with Crippen molar-refractivity contribution in [3.05, 3.63) is 36.0 Å². The third-order valence-electron chi connectivity index (χ3n) is 2.33. The van der Waals surface area contributed by atoms with Crippen LogP contribution in [0.4, 0.5) is 0 Å². The number of hydrogen-bond acceptors (Lipinski definition) is 0. The lowest BCUT2D eigenvalue weighted by atomic mass is 10.2. The van der Waals surface area contributed by atoms with E-state index in [1.165, 1.54) is 16.5 Å². The first-order valence-electron chi connectivity index (χ1n) is 4.37. The molecule has 0 aliphatic rings. The van der Waals surface area contributed by atoms with Crippen molar-refractivity contribution in [1.29, 1.82) is 0 Å². The second-order valence-electron chi connectivity index (χ2n) is 3.11. The van der Waals surface area contributed by atoms with E-state index in [2.05, 4.69) is 48.9 Å². The molecule has 0 saturated carbocycles. The SMILES string of the molecule is CCn1ccc2cccc(C)c21. The van der Waals surface area contributed by atoms with Gasteiger partial charge in [-0.05, 0) is 30.9 Å². The fourth-order valence-electron chi connectivity index (χ4n) is 1.72. The highest BCUT2D eigenvalue weighted by atomic mass is 14.9. The highest BCUT2D eigenvalue weighted by molar-refractivity contribution is 5.83. The molecule has 0 spiro atoms. The van der Waals surface area contributed by atoms with Gasteiger partial charge in [0, 0.05) is 12.7 Å². The van der Waals surface area contributed by atoms with Gasteiger partial charge in [0.1, 0.15) is 0 Å². The molecule has 1 aromatic heterocycles. The first kappa shape index (κ1) is 7.41. The molecule has 0 aliphatic heterocycles. The quantitative estimate of drug-likeness (QED) is 0.603. The number of benzene rings is 1. The van der Waals surface area contributed by atoms with Crippen LogP contribution < -0.4 is 0 Å². The van der Waals surface area contributed by atoms with Gasteiger partial charge in [-0.3, -0.25) is 0 Å². The Morgan fingerprint density at radius 2 is 2.08 bits per heavy atom. The van der Waals surface area contributed by atoms with E-state index in [1.807, 2.05) is 0 Å². The molecular weight excluding hydrogens is 146 g/mol. The van der Waals surface area contributed by atoms with Crippen molar-refractivity contribution in [1.82, 2.24) is 4.57 Å². The molecule has 0 atom stereocenters. The molecule has 0 amide bonds. The Morgan fingerprint density at radius 3 is 2.83 bits per heavy atom. The van der Waals surface area contributed by atoms with Crippen LogP contribution in [0, 0.1) is 6.92 Å². The molecule has 0 radical (unpaired) electrons. The molecule has 1 nitrogen and oxygen atoms in total. The predicted octanol–water partition coefficient (Wildman–Crippen LogP) is 2.97. The zero-order chi connectivity index (χ0) is 8.55. The van der Waals surface area contributed by atoms with Gasteiger partial charge in [-0.25, -0.2) is 0 Å². The van der Waals surface area contributed by atoms with E-state index in [0.29, 0.717) is 0 Å². The lowest BCUT2D eigenvalue weighted by Gasteiger charge is -2.02. The zero-order valence-corrected chi connectivity index (χ0v) is 7.54. The van der Waals surface area contributed by atoms with Crippen molar-refractivity contribution in [2.45, 2.75) is 20.4 Å². The largest absolute Gasteiger partial charge is 0.348 e. The number of aryl methyl sites for hydroxylation is 2. The van der Waals surface area contributed by atoms with Crippen LogP contribution in [0.15, 0.2) is 30.5 Å². The van der Waals surface area contributed by atoms with Crippen LogP contribution in [-0.4, -0.2) is 4.57 Å². The normalized spacial score (nSPS) is 10.8. The molecule has 62 valence electrons. The monoisotopic (exact) mass is 159 g/mol. The van der Waals surface area contributed by atoms with Crippen molar-refractivity contribution in [2.24, 2.45) is 0 Å². The van der Waals surface area contributed by atoms with Crippen LogP contribution in [0.2, 0.25) is 0 Å².